The number of nitrogens with two attached hydrogens (primary N) is 1. The number of nitrogens with one attached hydrogen (secondary N) is 1. The third-order valence-corrected chi connectivity index (χ3v) is 4.58. The highest BCUT2D eigenvalue weighted by Gasteiger charge is 2.24. The number of fused-ring (bicyclic) bond motifs is 1. The SMILES string of the molecule is CC(Nc1c(N)cnc2ccc(Br)cc12)C1CCC1. The van der Waals surface area contributed by atoms with E-state index >= 15 is 0 Å². The molecule has 3 rings (SSSR count). The zero-order chi connectivity index (χ0) is 13.4. The van der Waals surface area contributed by atoms with Crippen LogP contribution >= 0.6 is 15.9 Å². The van der Waals surface area contributed by atoms with Crippen LogP contribution in [0, 0.1) is 5.92 Å². The van der Waals surface area contributed by atoms with E-state index in [9.17, 15) is 0 Å². The van der Waals surface area contributed by atoms with Crippen molar-refractivity contribution in [2.24, 2.45) is 5.92 Å². The van der Waals surface area contributed by atoms with Gasteiger partial charge in [0.1, 0.15) is 0 Å². The summed E-state index contributed by atoms with van der Waals surface area (Å²) in [5.41, 5.74) is 8.82. The molecule has 100 valence electrons. The molecule has 4 heteroatoms. The van der Waals surface area contributed by atoms with E-state index < -0.39 is 0 Å². The molecule has 2 aromatic rings. The Bertz CT molecular complexity index is 602. The molecular weight excluding hydrogens is 302 g/mol. The normalized spacial score (nSPS) is 17.2. The molecule has 1 atom stereocenters. The minimum Gasteiger partial charge on any atom is -0.396 e. The van der Waals surface area contributed by atoms with Crippen LogP contribution in [0.25, 0.3) is 10.9 Å². The molecule has 0 spiro atoms. The van der Waals surface area contributed by atoms with Gasteiger partial charge in [-0.15, -0.1) is 0 Å². The molecule has 0 amide bonds. The molecule has 0 aliphatic heterocycles. The fourth-order valence-electron chi connectivity index (χ4n) is 2.63. The first-order chi connectivity index (χ1) is 9.15. The Balaban J connectivity index is 2.00. The number of pyridine rings is 1. The van der Waals surface area contributed by atoms with Crippen molar-refractivity contribution in [3.63, 3.8) is 0 Å². The Kier molecular flexibility index (Phi) is 3.35. The minimum absolute atomic E-state index is 0.459. The quantitative estimate of drug-likeness (QED) is 0.892. The van der Waals surface area contributed by atoms with Gasteiger partial charge in [0.15, 0.2) is 0 Å². The molecule has 1 heterocycles. The number of nitrogen functional groups attached to an aromatic ring is 1. The van der Waals surface area contributed by atoms with Crippen LogP contribution in [0.1, 0.15) is 26.2 Å². The number of hydrogen-bond donors (Lipinski definition) is 2. The summed E-state index contributed by atoms with van der Waals surface area (Å²) >= 11 is 3.51. The maximum atomic E-state index is 6.10. The van der Waals surface area contributed by atoms with Crippen LogP contribution < -0.4 is 11.1 Å². The molecule has 3 nitrogen and oxygen atoms in total. The van der Waals surface area contributed by atoms with E-state index in [2.05, 4.69) is 39.2 Å². The largest absolute Gasteiger partial charge is 0.396 e. The van der Waals surface area contributed by atoms with Gasteiger partial charge in [-0.05, 0) is 43.9 Å². The Morgan fingerprint density at radius 3 is 2.89 bits per heavy atom. The van der Waals surface area contributed by atoms with Crippen molar-refractivity contribution in [1.29, 1.82) is 0 Å². The van der Waals surface area contributed by atoms with Crippen LogP contribution in [0.5, 0.6) is 0 Å². The zero-order valence-electron chi connectivity index (χ0n) is 11.0. The maximum Gasteiger partial charge on any atom is 0.0743 e. The summed E-state index contributed by atoms with van der Waals surface area (Å²) in [7, 11) is 0. The van der Waals surface area contributed by atoms with E-state index in [1.54, 1.807) is 6.20 Å². The first-order valence-corrected chi connectivity index (χ1v) is 7.55. The maximum absolute atomic E-state index is 6.10. The van der Waals surface area contributed by atoms with E-state index in [1.807, 2.05) is 12.1 Å². The van der Waals surface area contributed by atoms with Gasteiger partial charge in [-0.1, -0.05) is 22.4 Å². The van der Waals surface area contributed by atoms with Crippen LogP contribution in [-0.4, -0.2) is 11.0 Å². The minimum atomic E-state index is 0.459. The second kappa shape index (κ2) is 5.00. The van der Waals surface area contributed by atoms with Crippen LogP contribution in [0.2, 0.25) is 0 Å². The molecule has 1 fully saturated rings. The Morgan fingerprint density at radius 1 is 1.42 bits per heavy atom. The van der Waals surface area contributed by atoms with Gasteiger partial charge >= 0.3 is 0 Å². The molecule has 3 N–H and O–H groups in total. The molecule has 0 bridgehead atoms. The second-order valence-corrected chi connectivity index (χ2v) is 6.29. The Morgan fingerprint density at radius 2 is 2.21 bits per heavy atom. The number of hydrogen-bond acceptors (Lipinski definition) is 3. The van der Waals surface area contributed by atoms with Crippen molar-refractivity contribution >= 4 is 38.2 Å². The van der Waals surface area contributed by atoms with Crippen LogP contribution in [0.15, 0.2) is 28.9 Å². The summed E-state index contributed by atoms with van der Waals surface area (Å²) in [4.78, 5) is 4.38. The first-order valence-electron chi connectivity index (χ1n) is 6.75. The Labute approximate surface area is 121 Å². The van der Waals surface area contributed by atoms with Gasteiger partial charge in [-0.25, -0.2) is 0 Å². The fourth-order valence-corrected chi connectivity index (χ4v) is 2.99. The van der Waals surface area contributed by atoms with E-state index in [-0.39, 0.29) is 0 Å². The number of anilines is 2. The molecule has 1 unspecified atom stereocenters. The zero-order valence-corrected chi connectivity index (χ0v) is 12.6. The third-order valence-electron chi connectivity index (χ3n) is 4.09. The smallest absolute Gasteiger partial charge is 0.0743 e. The molecular formula is C15H18BrN3. The van der Waals surface area contributed by atoms with Crippen molar-refractivity contribution in [3.8, 4) is 0 Å². The molecule has 1 aromatic carbocycles. The summed E-state index contributed by atoms with van der Waals surface area (Å²) < 4.78 is 1.05. The molecule has 1 saturated carbocycles. The van der Waals surface area contributed by atoms with E-state index in [1.165, 1.54) is 19.3 Å². The third kappa shape index (κ3) is 2.41. The predicted octanol–water partition coefficient (Wildman–Crippen LogP) is 4.18. The Hall–Kier alpha value is -1.29. The summed E-state index contributed by atoms with van der Waals surface area (Å²) in [6.45, 7) is 2.24. The van der Waals surface area contributed by atoms with Crippen molar-refractivity contribution in [1.82, 2.24) is 4.98 Å². The number of rotatable bonds is 3. The summed E-state index contributed by atoms with van der Waals surface area (Å²) in [5.74, 6) is 0.773. The summed E-state index contributed by atoms with van der Waals surface area (Å²) in [6, 6.07) is 6.55. The molecule has 1 aliphatic rings. The van der Waals surface area contributed by atoms with Crippen molar-refractivity contribution in [3.05, 3.63) is 28.9 Å². The first kappa shape index (κ1) is 12.7. The average Bonchev–Trinajstić information content (AvgIpc) is 2.31. The van der Waals surface area contributed by atoms with Gasteiger partial charge in [0, 0.05) is 15.9 Å². The molecule has 19 heavy (non-hydrogen) atoms. The topological polar surface area (TPSA) is 50.9 Å². The van der Waals surface area contributed by atoms with Gasteiger partial charge in [-0.2, -0.15) is 0 Å². The van der Waals surface area contributed by atoms with Crippen molar-refractivity contribution in [2.45, 2.75) is 32.2 Å². The number of nitrogens with zero attached hydrogens (tertiary/aromatic N) is 1. The standard InChI is InChI=1S/C15H18BrN3/c1-9(10-3-2-4-10)19-15-12-7-11(16)5-6-14(12)18-8-13(15)17/h5-10H,2-4,17H2,1H3,(H,18,19). The van der Waals surface area contributed by atoms with Crippen molar-refractivity contribution in [2.75, 3.05) is 11.1 Å². The van der Waals surface area contributed by atoms with E-state index in [0.717, 1.165) is 32.7 Å². The predicted molar refractivity (Wildman–Crippen MR) is 84.3 cm³/mol. The van der Waals surface area contributed by atoms with Crippen LogP contribution in [-0.2, 0) is 0 Å². The highest BCUT2D eigenvalue weighted by atomic mass is 79.9. The lowest BCUT2D eigenvalue weighted by Crippen LogP contribution is -2.31. The molecule has 1 aliphatic carbocycles. The van der Waals surface area contributed by atoms with Crippen LogP contribution in [0.4, 0.5) is 11.4 Å². The van der Waals surface area contributed by atoms with Crippen LogP contribution in [0.3, 0.4) is 0 Å². The number of benzene rings is 1. The highest BCUT2D eigenvalue weighted by Crippen LogP contribution is 2.35. The summed E-state index contributed by atoms with van der Waals surface area (Å²) in [5, 5.41) is 4.68. The number of aromatic nitrogens is 1. The van der Waals surface area contributed by atoms with Gasteiger partial charge in [-0.3, -0.25) is 4.98 Å². The monoisotopic (exact) mass is 319 g/mol. The lowest BCUT2D eigenvalue weighted by molar-refractivity contribution is 0.285. The average molecular weight is 320 g/mol. The molecule has 0 radical (unpaired) electrons. The lowest BCUT2D eigenvalue weighted by Gasteiger charge is -2.33. The number of halogens is 1. The highest BCUT2D eigenvalue weighted by molar-refractivity contribution is 9.10. The second-order valence-electron chi connectivity index (χ2n) is 5.37. The van der Waals surface area contributed by atoms with Crippen molar-refractivity contribution < 1.29 is 0 Å². The molecule has 0 saturated heterocycles. The summed E-state index contributed by atoms with van der Waals surface area (Å²) in [6.07, 6.45) is 5.74. The van der Waals surface area contributed by atoms with Gasteiger partial charge in [0.2, 0.25) is 0 Å². The lowest BCUT2D eigenvalue weighted by atomic mass is 9.80. The van der Waals surface area contributed by atoms with Gasteiger partial charge in [0.05, 0.1) is 23.1 Å². The fraction of sp³-hybridized carbons (Fsp3) is 0.400. The van der Waals surface area contributed by atoms with E-state index in [0.29, 0.717) is 6.04 Å². The van der Waals surface area contributed by atoms with E-state index in [4.69, 9.17) is 5.73 Å². The van der Waals surface area contributed by atoms with Gasteiger partial charge < -0.3 is 11.1 Å². The molecule has 1 aromatic heterocycles. The van der Waals surface area contributed by atoms with Gasteiger partial charge in [0.25, 0.3) is 0 Å².